The molecular weight excluding hydrogens is 376 g/mol. The minimum Gasteiger partial charge on any atom is -0.474 e. The minimum atomic E-state index is -0.637. The van der Waals surface area contributed by atoms with Crippen molar-refractivity contribution in [1.29, 1.82) is 0 Å². The Morgan fingerprint density at radius 3 is 2.54 bits per heavy atom. The first-order valence-electron chi connectivity index (χ1n) is 9.44. The number of ether oxygens (including phenoxy) is 1. The second-order valence-corrected chi connectivity index (χ2v) is 9.18. The van der Waals surface area contributed by atoms with Gasteiger partial charge in [-0.1, -0.05) is 24.1 Å². The molecular formula is C21H26N2O4S. The van der Waals surface area contributed by atoms with Gasteiger partial charge in [0.25, 0.3) is 11.8 Å². The van der Waals surface area contributed by atoms with Crippen LogP contribution in [0.4, 0.5) is 5.69 Å². The maximum Gasteiger partial charge on any atom is 0.295 e. The van der Waals surface area contributed by atoms with Gasteiger partial charge >= 0.3 is 0 Å². The quantitative estimate of drug-likeness (QED) is 0.678. The average molecular weight is 403 g/mol. The van der Waals surface area contributed by atoms with Crippen molar-refractivity contribution in [2.24, 2.45) is 5.41 Å². The van der Waals surface area contributed by atoms with Crippen molar-refractivity contribution in [3.8, 4) is 5.88 Å². The van der Waals surface area contributed by atoms with Crippen molar-refractivity contribution in [1.82, 2.24) is 5.16 Å². The number of anilines is 1. The van der Waals surface area contributed by atoms with E-state index in [4.69, 9.17) is 9.26 Å². The normalized spacial score (nSPS) is 14.4. The summed E-state index contributed by atoms with van der Waals surface area (Å²) in [5, 5.41) is 7.24. The van der Waals surface area contributed by atoms with E-state index in [0.717, 1.165) is 18.4 Å². The van der Waals surface area contributed by atoms with Crippen LogP contribution in [-0.4, -0.2) is 28.7 Å². The fourth-order valence-corrected chi connectivity index (χ4v) is 3.77. The number of ketones is 1. The second-order valence-electron chi connectivity index (χ2n) is 7.87. The van der Waals surface area contributed by atoms with Crippen molar-refractivity contribution in [3.05, 3.63) is 35.6 Å². The number of hydrogen-bond donors (Lipinski definition) is 1. The summed E-state index contributed by atoms with van der Waals surface area (Å²) in [6, 6.07) is 7.54. The summed E-state index contributed by atoms with van der Waals surface area (Å²) in [7, 11) is 0. The lowest BCUT2D eigenvalue weighted by Crippen LogP contribution is -2.29. The topological polar surface area (TPSA) is 81.4 Å². The zero-order chi connectivity index (χ0) is 20.3. The van der Waals surface area contributed by atoms with Gasteiger partial charge in [0.2, 0.25) is 5.76 Å². The predicted molar refractivity (Wildman–Crippen MR) is 109 cm³/mol. The van der Waals surface area contributed by atoms with Crippen molar-refractivity contribution in [2.45, 2.75) is 57.1 Å². The van der Waals surface area contributed by atoms with Gasteiger partial charge in [0.1, 0.15) is 17.3 Å². The third kappa shape index (κ3) is 4.76. The van der Waals surface area contributed by atoms with Crippen LogP contribution in [0.3, 0.4) is 0 Å². The standard InChI is InChI=1S/C21H26N2O4S/c1-13-8-10-15(11-9-13)22-19(25)17-18(28-16-6-5-7-16)20(23-27-17)26-12-21(3,4)14(2)24/h8-11,16H,5-7,12H2,1-4H3,(H,22,25). The van der Waals surface area contributed by atoms with Gasteiger partial charge in [-0.25, -0.2) is 0 Å². The zero-order valence-corrected chi connectivity index (χ0v) is 17.5. The smallest absolute Gasteiger partial charge is 0.295 e. The highest BCUT2D eigenvalue weighted by Crippen LogP contribution is 2.42. The molecule has 6 nitrogen and oxygen atoms in total. The van der Waals surface area contributed by atoms with E-state index < -0.39 is 5.41 Å². The van der Waals surface area contributed by atoms with E-state index in [2.05, 4.69) is 10.5 Å². The van der Waals surface area contributed by atoms with Gasteiger partial charge < -0.3 is 14.6 Å². The molecule has 3 rings (SSSR count). The highest BCUT2D eigenvalue weighted by atomic mass is 32.2. The molecule has 0 spiro atoms. The van der Waals surface area contributed by atoms with Crippen molar-refractivity contribution < 1.29 is 18.8 Å². The molecule has 1 aromatic carbocycles. The Morgan fingerprint density at radius 2 is 1.96 bits per heavy atom. The predicted octanol–water partition coefficient (Wildman–Crippen LogP) is 4.87. The zero-order valence-electron chi connectivity index (χ0n) is 16.7. The Labute approximate surface area is 169 Å². The van der Waals surface area contributed by atoms with E-state index in [1.165, 1.54) is 13.3 Å². The Hall–Kier alpha value is -2.28. The number of hydrogen-bond acceptors (Lipinski definition) is 6. The molecule has 1 saturated carbocycles. The lowest BCUT2D eigenvalue weighted by atomic mass is 9.90. The summed E-state index contributed by atoms with van der Waals surface area (Å²) in [4.78, 5) is 25.1. The number of carbonyl (C=O) groups is 2. The van der Waals surface area contributed by atoms with Crippen molar-refractivity contribution in [2.75, 3.05) is 11.9 Å². The molecule has 1 fully saturated rings. The monoisotopic (exact) mass is 402 g/mol. The molecule has 1 amide bonds. The number of benzene rings is 1. The molecule has 0 saturated heterocycles. The maximum absolute atomic E-state index is 12.8. The van der Waals surface area contributed by atoms with Crippen LogP contribution in [0.1, 0.15) is 56.2 Å². The molecule has 2 aromatic rings. The fourth-order valence-electron chi connectivity index (χ4n) is 2.44. The van der Waals surface area contributed by atoms with Gasteiger partial charge in [0.15, 0.2) is 0 Å². The summed E-state index contributed by atoms with van der Waals surface area (Å²) in [6.45, 7) is 7.34. The van der Waals surface area contributed by atoms with Crippen LogP contribution in [0.5, 0.6) is 5.88 Å². The molecule has 28 heavy (non-hydrogen) atoms. The van der Waals surface area contributed by atoms with Crippen LogP contribution in [-0.2, 0) is 4.79 Å². The van der Waals surface area contributed by atoms with Gasteiger partial charge in [0, 0.05) is 10.9 Å². The number of rotatable bonds is 8. The van der Waals surface area contributed by atoms with Crippen LogP contribution in [0, 0.1) is 12.3 Å². The lowest BCUT2D eigenvalue weighted by Gasteiger charge is -2.25. The van der Waals surface area contributed by atoms with Crippen LogP contribution in [0.25, 0.3) is 0 Å². The molecule has 1 aliphatic carbocycles. The number of amides is 1. The number of aryl methyl sites for hydroxylation is 1. The van der Waals surface area contributed by atoms with Crippen molar-refractivity contribution in [3.63, 3.8) is 0 Å². The van der Waals surface area contributed by atoms with E-state index >= 15 is 0 Å². The molecule has 0 aliphatic heterocycles. The molecule has 0 atom stereocenters. The van der Waals surface area contributed by atoms with E-state index in [1.54, 1.807) is 11.8 Å². The molecule has 0 bridgehead atoms. The molecule has 150 valence electrons. The fraction of sp³-hybridized carbons (Fsp3) is 0.476. The number of nitrogens with zero attached hydrogens (tertiary/aromatic N) is 1. The first kappa shape index (κ1) is 20.5. The first-order valence-corrected chi connectivity index (χ1v) is 10.3. The Kier molecular flexibility index (Phi) is 6.13. The summed E-state index contributed by atoms with van der Waals surface area (Å²) in [5.41, 5.74) is 1.16. The maximum atomic E-state index is 12.8. The van der Waals surface area contributed by atoms with E-state index in [0.29, 0.717) is 15.8 Å². The molecule has 7 heteroatoms. The largest absolute Gasteiger partial charge is 0.474 e. The highest BCUT2D eigenvalue weighted by molar-refractivity contribution is 8.00. The number of carbonyl (C=O) groups excluding carboxylic acids is 2. The molecule has 1 heterocycles. The van der Waals surface area contributed by atoms with Crippen LogP contribution in [0.15, 0.2) is 33.7 Å². The summed E-state index contributed by atoms with van der Waals surface area (Å²) < 4.78 is 11.2. The summed E-state index contributed by atoms with van der Waals surface area (Å²) >= 11 is 1.56. The number of Topliss-reactive ketones (excluding diaryl/α,β-unsaturated/α-hetero) is 1. The second kappa shape index (κ2) is 8.39. The van der Waals surface area contributed by atoms with E-state index in [9.17, 15) is 9.59 Å². The molecule has 0 radical (unpaired) electrons. The Balaban J connectivity index is 1.79. The minimum absolute atomic E-state index is 0.0292. The van der Waals surface area contributed by atoms with Crippen LogP contribution >= 0.6 is 11.8 Å². The third-order valence-electron chi connectivity index (χ3n) is 5.00. The SMILES string of the molecule is CC(=O)C(C)(C)COc1noc(C(=O)Nc2ccc(C)cc2)c1SC1CCC1. The van der Waals surface area contributed by atoms with Gasteiger partial charge in [0.05, 0.1) is 5.41 Å². The molecule has 0 unspecified atom stereocenters. The highest BCUT2D eigenvalue weighted by Gasteiger charge is 2.31. The Bertz CT molecular complexity index is 854. The van der Waals surface area contributed by atoms with E-state index in [1.807, 2.05) is 45.0 Å². The van der Waals surface area contributed by atoms with Crippen molar-refractivity contribution >= 4 is 29.1 Å². The Morgan fingerprint density at radius 1 is 1.29 bits per heavy atom. The number of nitrogens with one attached hydrogen (secondary N) is 1. The first-order chi connectivity index (χ1) is 13.3. The van der Waals surface area contributed by atoms with Gasteiger partial charge in [-0.15, -0.1) is 11.8 Å². The average Bonchev–Trinajstić information content (AvgIpc) is 3.01. The van der Waals surface area contributed by atoms with Crippen LogP contribution in [0.2, 0.25) is 0 Å². The van der Waals surface area contributed by atoms with Gasteiger partial charge in [-0.3, -0.25) is 9.59 Å². The van der Waals surface area contributed by atoms with E-state index in [-0.39, 0.29) is 29.9 Å². The van der Waals surface area contributed by atoms with Gasteiger partial charge in [-0.2, -0.15) is 0 Å². The third-order valence-corrected chi connectivity index (χ3v) is 6.40. The summed E-state index contributed by atoms with van der Waals surface area (Å²) in [5.74, 6) is 0.0915. The molecule has 1 aromatic heterocycles. The summed E-state index contributed by atoms with van der Waals surface area (Å²) in [6.07, 6.45) is 3.36. The lowest BCUT2D eigenvalue weighted by molar-refractivity contribution is -0.126. The molecule has 1 aliphatic rings. The number of aromatic nitrogens is 1. The van der Waals surface area contributed by atoms with Crippen LogP contribution < -0.4 is 10.1 Å². The van der Waals surface area contributed by atoms with Gasteiger partial charge in [-0.05, 0) is 57.8 Å². The number of thioether (sulfide) groups is 1. The molecule has 1 N–H and O–H groups in total.